The highest BCUT2D eigenvalue weighted by Gasteiger charge is 2.16. The fourth-order valence-electron chi connectivity index (χ4n) is 2.47. The summed E-state index contributed by atoms with van der Waals surface area (Å²) in [5, 5.41) is 12.8. The zero-order chi connectivity index (χ0) is 18.8. The van der Waals surface area contributed by atoms with Crippen molar-refractivity contribution in [3.8, 4) is 0 Å². The third-order valence-electron chi connectivity index (χ3n) is 3.88. The number of benzene rings is 1. The van der Waals surface area contributed by atoms with Crippen LogP contribution in [-0.2, 0) is 0 Å². The monoisotopic (exact) mass is 355 g/mol. The van der Waals surface area contributed by atoms with Crippen molar-refractivity contribution in [2.75, 3.05) is 10.6 Å². The van der Waals surface area contributed by atoms with Crippen molar-refractivity contribution in [1.29, 1.82) is 0 Å². The van der Waals surface area contributed by atoms with Gasteiger partial charge in [0.15, 0.2) is 0 Å². The first kappa shape index (κ1) is 17.3. The summed E-state index contributed by atoms with van der Waals surface area (Å²) >= 11 is 0. The molecule has 3 aromatic rings. The summed E-state index contributed by atoms with van der Waals surface area (Å²) in [6.07, 6.45) is 1.29. The van der Waals surface area contributed by atoms with Gasteiger partial charge in [0.05, 0.1) is 22.8 Å². The fraction of sp³-hybridized carbons (Fsp3) is 0.176. The SMILES string of the molecule is Cc1cccc(F)c1Nc1nc(Nc2c(C)n[nH]c2C)ncc1C(N)=O. The van der Waals surface area contributed by atoms with Crippen LogP contribution in [0, 0.1) is 26.6 Å². The number of hydrogen-bond donors (Lipinski definition) is 4. The molecule has 0 radical (unpaired) electrons. The summed E-state index contributed by atoms with van der Waals surface area (Å²) in [5.41, 5.74) is 8.60. The van der Waals surface area contributed by atoms with Crippen molar-refractivity contribution >= 4 is 29.0 Å². The summed E-state index contributed by atoms with van der Waals surface area (Å²) < 4.78 is 14.1. The van der Waals surface area contributed by atoms with E-state index in [1.165, 1.54) is 12.3 Å². The van der Waals surface area contributed by atoms with Crippen molar-refractivity contribution in [3.05, 3.63) is 52.7 Å². The molecule has 0 aliphatic carbocycles. The number of nitrogens with two attached hydrogens (primary N) is 1. The quantitative estimate of drug-likeness (QED) is 0.558. The number of anilines is 4. The van der Waals surface area contributed by atoms with Gasteiger partial charge < -0.3 is 16.4 Å². The van der Waals surface area contributed by atoms with Gasteiger partial charge in [-0.05, 0) is 32.4 Å². The fourth-order valence-corrected chi connectivity index (χ4v) is 2.47. The Balaban J connectivity index is 2.01. The molecule has 26 heavy (non-hydrogen) atoms. The van der Waals surface area contributed by atoms with Crippen LogP contribution < -0.4 is 16.4 Å². The highest BCUT2D eigenvalue weighted by Crippen LogP contribution is 2.26. The van der Waals surface area contributed by atoms with Crippen LogP contribution in [0.3, 0.4) is 0 Å². The molecule has 5 N–H and O–H groups in total. The number of nitrogens with zero attached hydrogens (tertiary/aromatic N) is 3. The van der Waals surface area contributed by atoms with Crippen LogP contribution in [0.4, 0.5) is 27.5 Å². The normalized spacial score (nSPS) is 10.6. The van der Waals surface area contributed by atoms with E-state index in [-0.39, 0.29) is 23.0 Å². The molecule has 3 rings (SSSR count). The number of primary amides is 1. The number of H-pyrrole nitrogens is 1. The molecule has 9 heteroatoms. The average molecular weight is 355 g/mol. The summed E-state index contributed by atoms with van der Waals surface area (Å²) in [6, 6.07) is 4.66. The van der Waals surface area contributed by atoms with Crippen molar-refractivity contribution < 1.29 is 9.18 Å². The largest absolute Gasteiger partial charge is 0.365 e. The van der Waals surface area contributed by atoms with Crippen LogP contribution in [0.2, 0.25) is 0 Å². The molecule has 0 saturated heterocycles. The highest BCUT2D eigenvalue weighted by molar-refractivity contribution is 5.98. The van der Waals surface area contributed by atoms with Crippen LogP contribution in [0.1, 0.15) is 27.3 Å². The summed E-state index contributed by atoms with van der Waals surface area (Å²) in [4.78, 5) is 20.1. The molecule has 1 aromatic carbocycles. The Morgan fingerprint density at radius 2 is 1.96 bits per heavy atom. The second-order valence-corrected chi connectivity index (χ2v) is 5.81. The molecule has 8 nitrogen and oxygen atoms in total. The molecule has 0 spiro atoms. The Labute approximate surface area is 149 Å². The second kappa shape index (κ2) is 6.79. The zero-order valence-corrected chi connectivity index (χ0v) is 14.5. The lowest BCUT2D eigenvalue weighted by Crippen LogP contribution is -2.16. The van der Waals surface area contributed by atoms with Gasteiger partial charge in [-0.3, -0.25) is 9.89 Å². The van der Waals surface area contributed by atoms with Crippen LogP contribution in [0.5, 0.6) is 0 Å². The van der Waals surface area contributed by atoms with Crippen LogP contribution in [0.15, 0.2) is 24.4 Å². The van der Waals surface area contributed by atoms with Gasteiger partial charge in [-0.1, -0.05) is 12.1 Å². The minimum absolute atomic E-state index is 0.0545. The minimum atomic E-state index is -0.719. The Bertz CT molecular complexity index is 943. The Hall–Kier alpha value is -3.49. The molecule has 0 unspecified atom stereocenters. The molecule has 2 heterocycles. The maximum absolute atomic E-state index is 14.1. The van der Waals surface area contributed by atoms with Crippen molar-refractivity contribution in [2.45, 2.75) is 20.8 Å². The van der Waals surface area contributed by atoms with Crippen molar-refractivity contribution in [2.24, 2.45) is 5.73 Å². The van der Waals surface area contributed by atoms with Gasteiger partial charge in [-0.15, -0.1) is 0 Å². The summed E-state index contributed by atoms with van der Waals surface area (Å²) in [6.45, 7) is 5.42. The molecule has 0 bridgehead atoms. The maximum atomic E-state index is 14.1. The zero-order valence-electron chi connectivity index (χ0n) is 14.5. The number of halogens is 1. The number of nitrogens with one attached hydrogen (secondary N) is 3. The molecule has 0 fully saturated rings. The van der Waals surface area contributed by atoms with Gasteiger partial charge >= 0.3 is 0 Å². The number of aromatic nitrogens is 4. The van der Waals surface area contributed by atoms with Gasteiger partial charge in [0.1, 0.15) is 17.2 Å². The van der Waals surface area contributed by atoms with E-state index in [0.717, 1.165) is 17.1 Å². The van der Waals surface area contributed by atoms with E-state index < -0.39 is 11.7 Å². The van der Waals surface area contributed by atoms with E-state index in [1.54, 1.807) is 19.1 Å². The smallest absolute Gasteiger partial charge is 0.254 e. The first-order valence-electron chi connectivity index (χ1n) is 7.84. The van der Waals surface area contributed by atoms with E-state index in [2.05, 4.69) is 30.8 Å². The minimum Gasteiger partial charge on any atom is -0.365 e. The molecular formula is C17H18FN7O. The topological polar surface area (TPSA) is 122 Å². The Morgan fingerprint density at radius 3 is 2.58 bits per heavy atom. The molecule has 0 aliphatic rings. The van der Waals surface area contributed by atoms with E-state index in [0.29, 0.717) is 5.56 Å². The van der Waals surface area contributed by atoms with Crippen molar-refractivity contribution in [1.82, 2.24) is 20.2 Å². The molecule has 1 amide bonds. The Morgan fingerprint density at radius 1 is 1.19 bits per heavy atom. The number of amides is 1. The lowest BCUT2D eigenvalue weighted by atomic mass is 10.2. The number of carbonyl (C=O) groups is 1. The van der Waals surface area contributed by atoms with E-state index in [9.17, 15) is 9.18 Å². The average Bonchev–Trinajstić information content (AvgIpc) is 2.90. The number of hydrogen-bond acceptors (Lipinski definition) is 6. The van der Waals surface area contributed by atoms with Crippen LogP contribution in [-0.4, -0.2) is 26.1 Å². The first-order chi connectivity index (χ1) is 12.4. The number of para-hydroxylation sites is 1. The number of carbonyl (C=O) groups excluding carboxylic acids is 1. The lowest BCUT2D eigenvalue weighted by Gasteiger charge is -2.13. The lowest BCUT2D eigenvalue weighted by molar-refractivity contribution is 0.100. The van der Waals surface area contributed by atoms with E-state index in [4.69, 9.17) is 5.73 Å². The molecule has 2 aromatic heterocycles. The maximum Gasteiger partial charge on any atom is 0.254 e. The number of rotatable bonds is 5. The van der Waals surface area contributed by atoms with E-state index in [1.807, 2.05) is 13.8 Å². The highest BCUT2D eigenvalue weighted by atomic mass is 19.1. The number of aromatic amines is 1. The van der Waals surface area contributed by atoms with Gasteiger partial charge in [0, 0.05) is 6.20 Å². The standard InChI is InChI=1S/C17H18FN7O/c1-8-5-4-6-12(18)13(8)21-16-11(15(19)26)7-20-17(23-16)22-14-9(2)24-25-10(14)3/h4-7H,1-3H3,(H2,19,26)(H,24,25)(H2,20,21,22,23). The number of aryl methyl sites for hydroxylation is 3. The van der Waals surface area contributed by atoms with Crippen LogP contribution in [0.25, 0.3) is 0 Å². The van der Waals surface area contributed by atoms with Crippen LogP contribution >= 0.6 is 0 Å². The molecule has 0 aliphatic heterocycles. The molecule has 0 saturated carbocycles. The van der Waals surface area contributed by atoms with Gasteiger partial charge in [0.2, 0.25) is 5.95 Å². The summed E-state index contributed by atoms with van der Waals surface area (Å²) in [5.74, 6) is -0.847. The third-order valence-corrected chi connectivity index (χ3v) is 3.88. The molecular weight excluding hydrogens is 337 g/mol. The van der Waals surface area contributed by atoms with Gasteiger partial charge in [-0.2, -0.15) is 10.1 Å². The molecule has 134 valence electrons. The third kappa shape index (κ3) is 3.32. The molecule has 0 atom stereocenters. The predicted molar refractivity (Wildman–Crippen MR) is 96.3 cm³/mol. The predicted octanol–water partition coefficient (Wildman–Crippen LogP) is 2.85. The second-order valence-electron chi connectivity index (χ2n) is 5.81. The van der Waals surface area contributed by atoms with Crippen molar-refractivity contribution in [3.63, 3.8) is 0 Å². The Kier molecular flexibility index (Phi) is 4.53. The van der Waals surface area contributed by atoms with Gasteiger partial charge in [0.25, 0.3) is 5.91 Å². The first-order valence-corrected chi connectivity index (χ1v) is 7.84. The van der Waals surface area contributed by atoms with E-state index >= 15 is 0 Å². The van der Waals surface area contributed by atoms with Gasteiger partial charge in [-0.25, -0.2) is 9.37 Å². The summed E-state index contributed by atoms with van der Waals surface area (Å²) in [7, 11) is 0.